The molecule has 0 saturated heterocycles. The lowest BCUT2D eigenvalue weighted by molar-refractivity contribution is 0.0783. The number of rotatable bonds is 4. The minimum atomic E-state index is -0.0932. The fourth-order valence-electron chi connectivity index (χ4n) is 1.07. The number of ketones is 1. The van der Waals surface area contributed by atoms with Crippen molar-refractivity contribution in [3.05, 3.63) is 10.3 Å². The topological polar surface area (TPSA) is 57.0 Å². The third-order valence-corrected chi connectivity index (χ3v) is 2.46. The highest BCUT2D eigenvalue weighted by atomic mass is 79.9. The lowest BCUT2D eigenvalue weighted by Crippen LogP contribution is -2.15. The zero-order valence-corrected chi connectivity index (χ0v) is 9.91. The largest absolute Gasteiger partial charge is 0.381 e. The van der Waals surface area contributed by atoms with E-state index in [0.717, 1.165) is 0 Å². The summed E-state index contributed by atoms with van der Waals surface area (Å²) in [6.45, 7) is 1.84. The molecule has 0 fully saturated rings. The molecule has 0 bridgehead atoms. The standard InChI is InChI=1S/C8H12BrN3O2/c1-5(14-3)4-6(13)7-8(9)10-11-12(7)2/h5H,4H2,1-3H3. The molecule has 0 saturated carbocycles. The third kappa shape index (κ3) is 2.39. The Balaban J connectivity index is 2.79. The van der Waals surface area contributed by atoms with Gasteiger partial charge in [-0.15, -0.1) is 5.10 Å². The molecule has 0 N–H and O–H groups in total. The van der Waals surface area contributed by atoms with Crippen LogP contribution in [0.2, 0.25) is 0 Å². The van der Waals surface area contributed by atoms with Crippen LogP contribution in [0.5, 0.6) is 0 Å². The van der Waals surface area contributed by atoms with Crippen LogP contribution in [0.3, 0.4) is 0 Å². The highest BCUT2D eigenvalue weighted by Crippen LogP contribution is 2.15. The van der Waals surface area contributed by atoms with Crippen LogP contribution in [0, 0.1) is 0 Å². The molecule has 0 aromatic carbocycles. The van der Waals surface area contributed by atoms with Gasteiger partial charge in [-0.25, -0.2) is 4.68 Å². The van der Waals surface area contributed by atoms with E-state index < -0.39 is 0 Å². The third-order valence-electron chi connectivity index (χ3n) is 1.93. The molecular weight excluding hydrogens is 250 g/mol. The lowest BCUT2D eigenvalue weighted by atomic mass is 10.1. The molecule has 1 atom stereocenters. The Morgan fingerprint density at radius 2 is 2.36 bits per heavy atom. The van der Waals surface area contributed by atoms with Crippen molar-refractivity contribution in [3.8, 4) is 0 Å². The summed E-state index contributed by atoms with van der Waals surface area (Å²) in [6.07, 6.45) is 0.236. The molecule has 6 heteroatoms. The zero-order chi connectivity index (χ0) is 10.7. The van der Waals surface area contributed by atoms with Crippen LogP contribution in [0.1, 0.15) is 23.8 Å². The van der Waals surface area contributed by atoms with Gasteiger partial charge in [-0.05, 0) is 22.9 Å². The maximum atomic E-state index is 11.7. The summed E-state index contributed by atoms with van der Waals surface area (Å²) in [5.74, 6) is -0.0290. The minimum absolute atomic E-state index is 0.0290. The zero-order valence-electron chi connectivity index (χ0n) is 8.32. The normalized spacial score (nSPS) is 12.9. The van der Waals surface area contributed by atoms with Gasteiger partial charge >= 0.3 is 0 Å². The van der Waals surface area contributed by atoms with Gasteiger partial charge in [0.25, 0.3) is 0 Å². The van der Waals surface area contributed by atoms with Crippen molar-refractivity contribution in [2.45, 2.75) is 19.4 Å². The number of ether oxygens (including phenoxy) is 1. The molecule has 14 heavy (non-hydrogen) atoms. The summed E-state index contributed by atoms with van der Waals surface area (Å²) in [4.78, 5) is 11.7. The summed E-state index contributed by atoms with van der Waals surface area (Å²) >= 11 is 3.17. The summed E-state index contributed by atoms with van der Waals surface area (Å²) in [5, 5.41) is 7.47. The van der Waals surface area contributed by atoms with Crippen molar-refractivity contribution in [1.82, 2.24) is 15.0 Å². The molecule has 1 aromatic rings. The maximum Gasteiger partial charge on any atom is 0.186 e. The number of hydrogen-bond donors (Lipinski definition) is 0. The Bertz CT molecular complexity index is 318. The second kappa shape index (κ2) is 4.65. The van der Waals surface area contributed by atoms with Gasteiger partial charge in [0.05, 0.1) is 6.10 Å². The van der Waals surface area contributed by atoms with Gasteiger partial charge in [0.1, 0.15) is 5.69 Å². The van der Waals surface area contributed by atoms with Crippen molar-refractivity contribution in [3.63, 3.8) is 0 Å². The second-order valence-corrected chi connectivity index (χ2v) is 3.78. The number of nitrogens with zero attached hydrogens (tertiary/aromatic N) is 3. The molecule has 78 valence electrons. The first-order valence-electron chi connectivity index (χ1n) is 4.17. The van der Waals surface area contributed by atoms with Gasteiger partial charge in [-0.2, -0.15) is 0 Å². The average Bonchev–Trinajstić information content (AvgIpc) is 2.46. The fraction of sp³-hybridized carbons (Fsp3) is 0.625. The van der Waals surface area contributed by atoms with Crippen molar-refractivity contribution < 1.29 is 9.53 Å². The van der Waals surface area contributed by atoms with Crippen molar-refractivity contribution >= 4 is 21.7 Å². The smallest absolute Gasteiger partial charge is 0.186 e. The van der Waals surface area contributed by atoms with Gasteiger partial charge in [0.2, 0.25) is 0 Å². The second-order valence-electron chi connectivity index (χ2n) is 3.03. The average molecular weight is 262 g/mol. The van der Waals surface area contributed by atoms with E-state index in [1.807, 2.05) is 6.92 Å². The van der Waals surface area contributed by atoms with Crippen molar-refractivity contribution in [1.29, 1.82) is 0 Å². The number of hydrogen-bond acceptors (Lipinski definition) is 4. The number of aryl methyl sites for hydroxylation is 1. The molecule has 1 heterocycles. The van der Waals surface area contributed by atoms with E-state index in [-0.39, 0.29) is 11.9 Å². The Morgan fingerprint density at radius 3 is 2.79 bits per heavy atom. The number of Topliss-reactive ketones (excluding diaryl/α,β-unsaturated/α-hetero) is 1. The molecule has 1 rings (SSSR count). The highest BCUT2D eigenvalue weighted by Gasteiger charge is 2.18. The number of carbonyl (C=O) groups is 1. The molecule has 1 aromatic heterocycles. The molecule has 0 radical (unpaired) electrons. The molecular formula is C8H12BrN3O2. The number of halogens is 1. The number of aromatic nitrogens is 3. The number of methoxy groups -OCH3 is 1. The summed E-state index contributed by atoms with van der Waals surface area (Å²) < 4.78 is 6.95. The molecule has 5 nitrogen and oxygen atoms in total. The van der Waals surface area contributed by atoms with Gasteiger partial charge in [-0.3, -0.25) is 4.79 Å². The van der Waals surface area contributed by atoms with E-state index in [4.69, 9.17) is 4.74 Å². The van der Waals surface area contributed by atoms with Crippen LogP contribution in [-0.4, -0.2) is 34.0 Å². The van der Waals surface area contributed by atoms with Crippen LogP contribution >= 0.6 is 15.9 Å². The van der Waals surface area contributed by atoms with E-state index in [1.165, 1.54) is 4.68 Å². The van der Waals surface area contributed by atoms with Crippen LogP contribution in [0.4, 0.5) is 0 Å². The maximum absolute atomic E-state index is 11.7. The van der Waals surface area contributed by atoms with E-state index in [0.29, 0.717) is 16.7 Å². The summed E-state index contributed by atoms with van der Waals surface area (Å²) in [6, 6.07) is 0. The first-order chi connectivity index (χ1) is 6.56. The van der Waals surface area contributed by atoms with Gasteiger partial charge in [0, 0.05) is 20.6 Å². The van der Waals surface area contributed by atoms with Gasteiger partial charge in [-0.1, -0.05) is 5.21 Å². The van der Waals surface area contributed by atoms with E-state index in [2.05, 4.69) is 26.2 Å². The summed E-state index contributed by atoms with van der Waals surface area (Å²) in [7, 11) is 3.26. The van der Waals surface area contributed by atoms with Crippen LogP contribution in [0.25, 0.3) is 0 Å². The quantitative estimate of drug-likeness (QED) is 0.765. The van der Waals surface area contributed by atoms with Gasteiger partial charge < -0.3 is 4.74 Å². The SMILES string of the molecule is COC(C)CC(=O)c1c(Br)nnn1C. The van der Waals surface area contributed by atoms with E-state index in [9.17, 15) is 4.79 Å². The van der Waals surface area contributed by atoms with Crippen molar-refractivity contribution in [2.75, 3.05) is 7.11 Å². The van der Waals surface area contributed by atoms with Crippen LogP contribution < -0.4 is 0 Å². The van der Waals surface area contributed by atoms with E-state index >= 15 is 0 Å². The first-order valence-corrected chi connectivity index (χ1v) is 4.96. The fourth-order valence-corrected chi connectivity index (χ4v) is 1.62. The Morgan fingerprint density at radius 1 is 1.71 bits per heavy atom. The Labute approximate surface area is 90.6 Å². The van der Waals surface area contributed by atoms with Crippen LogP contribution in [0.15, 0.2) is 4.60 Å². The monoisotopic (exact) mass is 261 g/mol. The van der Waals surface area contributed by atoms with Crippen LogP contribution in [-0.2, 0) is 11.8 Å². The molecule has 0 aliphatic carbocycles. The highest BCUT2D eigenvalue weighted by molar-refractivity contribution is 9.10. The van der Waals surface area contributed by atoms with Crippen molar-refractivity contribution in [2.24, 2.45) is 7.05 Å². The van der Waals surface area contributed by atoms with Gasteiger partial charge in [0.15, 0.2) is 10.4 Å². The Kier molecular flexibility index (Phi) is 3.77. The molecule has 0 amide bonds. The predicted molar refractivity (Wildman–Crippen MR) is 54.1 cm³/mol. The lowest BCUT2D eigenvalue weighted by Gasteiger charge is -2.07. The Hall–Kier alpha value is -0.750. The number of carbonyl (C=O) groups excluding carboxylic acids is 1. The molecule has 0 aliphatic heterocycles. The summed E-state index contributed by atoms with van der Waals surface area (Å²) in [5.41, 5.74) is 0.480. The predicted octanol–water partition coefficient (Wildman–Crippen LogP) is 1.19. The van der Waals surface area contributed by atoms with E-state index in [1.54, 1.807) is 14.2 Å². The molecule has 0 aliphatic rings. The molecule has 0 spiro atoms. The first kappa shape index (κ1) is 11.3. The molecule has 1 unspecified atom stereocenters. The minimum Gasteiger partial charge on any atom is -0.381 e.